The molecule has 2 rings (SSSR count). The number of hydrogen-bond donors (Lipinski definition) is 2. The Balaban J connectivity index is 0.000000168. The average Bonchev–Trinajstić information content (AvgIpc) is 2.64. The molecule has 1 aliphatic rings. The van der Waals surface area contributed by atoms with Crippen LogP contribution in [-0.4, -0.2) is 33.6 Å². The number of carboxylic acids is 1. The second kappa shape index (κ2) is 4.97. The predicted octanol–water partition coefficient (Wildman–Crippen LogP) is 0.620. The molecule has 8 heteroatoms. The Morgan fingerprint density at radius 1 is 1.56 bits per heavy atom. The second-order valence-electron chi connectivity index (χ2n) is 3.03. The molecule has 0 amide bonds. The number of carbonyl (C=O) groups is 1. The van der Waals surface area contributed by atoms with Gasteiger partial charge in [0.25, 0.3) is 0 Å². The second-order valence-corrected chi connectivity index (χ2v) is 3.03. The summed E-state index contributed by atoms with van der Waals surface area (Å²) in [5, 5.41) is 14.5. The average molecular weight is 237 g/mol. The minimum atomic E-state index is -5.08. The minimum absolute atomic E-state index is 0.972. The highest BCUT2D eigenvalue weighted by molar-refractivity contribution is 5.73. The molecule has 0 bridgehead atoms. The summed E-state index contributed by atoms with van der Waals surface area (Å²) in [4.78, 5) is 8.90. The maximum Gasteiger partial charge on any atom is 0.490 e. The molecular formula is C8H10F3N3O2. The van der Waals surface area contributed by atoms with Crippen LogP contribution in [0.4, 0.5) is 13.2 Å². The van der Waals surface area contributed by atoms with Crippen LogP contribution in [0.1, 0.15) is 5.69 Å². The third-order valence-corrected chi connectivity index (χ3v) is 1.85. The van der Waals surface area contributed by atoms with Crippen molar-refractivity contribution in [3.8, 4) is 0 Å². The number of carboxylic acid groups (broad SMARTS) is 1. The summed E-state index contributed by atoms with van der Waals surface area (Å²) in [6, 6.07) is 2.05. The van der Waals surface area contributed by atoms with Crippen LogP contribution >= 0.6 is 0 Å². The van der Waals surface area contributed by atoms with Crippen molar-refractivity contribution in [1.29, 1.82) is 0 Å². The quantitative estimate of drug-likeness (QED) is 0.694. The van der Waals surface area contributed by atoms with Gasteiger partial charge in [0.1, 0.15) is 0 Å². The van der Waals surface area contributed by atoms with Gasteiger partial charge in [-0.2, -0.15) is 18.3 Å². The molecule has 1 aromatic heterocycles. The maximum atomic E-state index is 10.6. The summed E-state index contributed by atoms with van der Waals surface area (Å²) in [7, 11) is 0. The van der Waals surface area contributed by atoms with Crippen molar-refractivity contribution in [2.45, 2.75) is 19.3 Å². The fraction of sp³-hybridized carbons (Fsp3) is 0.500. The first kappa shape index (κ1) is 12.5. The van der Waals surface area contributed by atoms with Crippen LogP contribution in [0.3, 0.4) is 0 Å². The largest absolute Gasteiger partial charge is 0.490 e. The van der Waals surface area contributed by atoms with Gasteiger partial charge in [0, 0.05) is 19.3 Å². The molecule has 0 spiro atoms. The first-order valence-electron chi connectivity index (χ1n) is 4.43. The molecule has 0 atom stereocenters. The summed E-state index contributed by atoms with van der Waals surface area (Å²) in [5.74, 6) is -2.76. The Hall–Kier alpha value is -1.57. The van der Waals surface area contributed by atoms with Crippen LogP contribution in [0.15, 0.2) is 12.3 Å². The topological polar surface area (TPSA) is 67.1 Å². The van der Waals surface area contributed by atoms with E-state index in [9.17, 15) is 13.2 Å². The smallest absolute Gasteiger partial charge is 0.475 e. The van der Waals surface area contributed by atoms with Gasteiger partial charge in [-0.15, -0.1) is 0 Å². The Bertz CT molecular complexity index is 341. The third-order valence-electron chi connectivity index (χ3n) is 1.85. The lowest BCUT2D eigenvalue weighted by Crippen LogP contribution is -2.28. The number of fused-ring (bicyclic) bond motifs is 1. The molecule has 0 saturated heterocycles. The monoisotopic (exact) mass is 237 g/mol. The normalized spacial score (nSPS) is 14.7. The molecule has 1 aromatic rings. The van der Waals surface area contributed by atoms with Gasteiger partial charge in [-0.05, 0) is 6.07 Å². The number of nitrogens with one attached hydrogen (secondary N) is 1. The van der Waals surface area contributed by atoms with Gasteiger partial charge in [0.05, 0.1) is 12.2 Å². The highest BCUT2D eigenvalue weighted by Crippen LogP contribution is 2.13. The lowest BCUT2D eigenvalue weighted by Gasteiger charge is -2.13. The van der Waals surface area contributed by atoms with Gasteiger partial charge in [-0.3, -0.25) is 4.68 Å². The van der Waals surface area contributed by atoms with Crippen molar-refractivity contribution in [2.24, 2.45) is 0 Å². The Kier molecular flexibility index (Phi) is 3.88. The number of hydrogen-bond acceptors (Lipinski definition) is 3. The zero-order chi connectivity index (χ0) is 12.2. The molecule has 1 aliphatic heterocycles. The van der Waals surface area contributed by atoms with E-state index in [0.717, 1.165) is 19.6 Å². The first-order valence-corrected chi connectivity index (χ1v) is 4.43. The molecule has 16 heavy (non-hydrogen) atoms. The van der Waals surface area contributed by atoms with Crippen molar-refractivity contribution in [3.63, 3.8) is 0 Å². The lowest BCUT2D eigenvalue weighted by molar-refractivity contribution is -0.192. The summed E-state index contributed by atoms with van der Waals surface area (Å²) in [5.41, 5.74) is 1.29. The van der Waals surface area contributed by atoms with Crippen molar-refractivity contribution in [1.82, 2.24) is 15.1 Å². The van der Waals surface area contributed by atoms with Crippen molar-refractivity contribution >= 4 is 5.97 Å². The molecule has 2 N–H and O–H groups in total. The number of halogens is 3. The van der Waals surface area contributed by atoms with Crippen molar-refractivity contribution in [3.05, 3.63) is 18.0 Å². The SMILES string of the molecule is O=C(O)C(F)(F)F.c1cc2n(n1)CCNC2. The van der Waals surface area contributed by atoms with E-state index in [1.807, 2.05) is 16.9 Å². The molecule has 0 radical (unpaired) electrons. The van der Waals surface area contributed by atoms with E-state index < -0.39 is 12.1 Å². The van der Waals surface area contributed by atoms with E-state index in [2.05, 4.69) is 10.4 Å². The number of alkyl halides is 3. The molecule has 0 aliphatic carbocycles. The van der Waals surface area contributed by atoms with Crippen LogP contribution in [0.5, 0.6) is 0 Å². The summed E-state index contributed by atoms with van der Waals surface area (Å²) in [6.45, 7) is 3.04. The highest BCUT2D eigenvalue weighted by atomic mass is 19.4. The predicted molar refractivity (Wildman–Crippen MR) is 47.6 cm³/mol. The van der Waals surface area contributed by atoms with Crippen LogP contribution in [0.25, 0.3) is 0 Å². The molecule has 0 unspecified atom stereocenters. The van der Waals surface area contributed by atoms with Gasteiger partial charge in [0.15, 0.2) is 0 Å². The fourth-order valence-corrected chi connectivity index (χ4v) is 1.11. The van der Waals surface area contributed by atoms with Gasteiger partial charge >= 0.3 is 12.1 Å². The highest BCUT2D eigenvalue weighted by Gasteiger charge is 2.38. The molecule has 5 nitrogen and oxygen atoms in total. The maximum absolute atomic E-state index is 10.6. The summed E-state index contributed by atoms with van der Waals surface area (Å²) >= 11 is 0. The molecule has 0 fully saturated rings. The van der Waals surface area contributed by atoms with Crippen molar-refractivity contribution < 1.29 is 23.1 Å². The Morgan fingerprint density at radius 2 is 2.19 bits per heavy atom. The van der Waals surface area contributed by atoms with E-state index in [4.69, 9.17) is 9.90 Å². The molecule has 2 heterocycles. The lowest BCUT2D eigenvalue weighted by atomic mass is 10.3. The first-order chi connectivity index (χ1) is 7.41. The number of aromatic nitrogens is 2. The Morgan fingerprint density at radius 3 is 2.69 bits per heavy atom. The number of aliphatic carboxylic acids is 1. The van der Waals surface area contributed by atoms with E-state index in [1.165, 1.54) is 5.69 Å². The molecule has 0 aromatic carbocycles. The zero-order valence-electron chi connectivity index (χ0n) is 8.16. The summed E-state index contributed by atoms with van der Waals surface area (Å²) < 4.78 is 33.8. The molecule has 0 saturated carbocycles. The fourth-order valence-electron chi connectivity index (χ4n) is 1.11. The third kappa shape index (κ3) is 3.54. The van der Waals surface area contributed by atoms with Crippen LogP contribution in [-0.2, 0) is 17.9 Å². The van der Waals surface area contributed by atoms with Crippen LogP contribution in [0, 0.1) is 0 Å². The van der Waals surface area contributed by atoms with E-state index >= 15 is 0 Å². The minimum Gasteiger partial charge on any atom is -0.475 e. The summed E-state index contributed by atoms with van der Waals surface area (Å²) in [6.07, 6.45) is -3.23. The van der Waals surface area contributed by atoms with Gasteiger partial charge in [-0.25, -0.2) is 4.79 Å². The van der Waals surface area contributed by atoms with E-state index in [1.54, 1.807) is 0 Å². The van der Waals surface area contributed by atoms with Crippen molar-refractivity contribution in [2.75, 3.05) is 6.54 Å². The van der Waals surface area contributed by atoms with E-state index in [0.29, 0.717) is 0 Å². The zero-order valence-corrected chi connectivity index (χ0v) is 8.16. The van der Waals surface area contributed by atoms with Gasteiger partial charge in [0.2, 0.25) is 0 Å². The molecule has 90 valence electrons. The van der Waals surface area contributed by atoms with Crippen LogP contribution < -0.4 is 5.32 Å². The van der Waals surface area contributed by atoms with Gasteiger partial charge in [-0.1, -0.05) is 0 Å². The van der Waals surface area contributed by atoms with E-state index in [-0.39, 0.29) is 0 Å². The number of rotatable bonds is 0. The van der Waals surface area contributed by atoms with Gasteiger partial charge < -0.3 is 10.4 Å². The standard InChI is InChI=1S/C6H9N3.C2HF3O2/c1-2-8-9-4-3-7-5-6(1)9;3-2(4,5)1(6)7/h1-2,7H,3-5H2;(H,6,7). The molecular weight excluding hydrogens is 227 g/mol. The van der Waals surface area contributed by atoms with Crippen LogP contribution in [0.2, 0.25) is 0 Å². The Labute approximate surface area is 88.9 Å². The number of nitrogens with zero attached hydrogens (tertiary/aromatic N) is 2.